The van der Waals surface area contributed by atoms with Crippen LogP contribution in [-0.2, 0) is 24.4 Å². The van der Waals surface area contributed by atoms with Crippen LogP contribution in [0, 0.1) is 13.8 Å². The second-order valence-electron chi connectivity index (χ2n) is 7.90. The zero-order valence-corrected chi connectivity index (χ0v) is 23.0. The van der Waals surface area contributed by atoms with Crippen molar-refractivity contribution in [3.8, 4) is 0 Å². The van der Waals surface area contributed by atoms with Gasteiger partial charge >= 0.3 is 5.97 Å². The van der Waals surface area contributed by atoms with Gasteiger partial charge in [-0.15, -0.1) is 23.5 Å². The number of nitrogens with two attached hydrogens (primary N) is 2. The van der Waals surface area contributed by atoms with Gasteiger partial charge in [-0.3, -0.25) is 4.79 Å². The maximum Gasteiger partial charge on any atom is 0.338 e. The first-order valence-electron chi connectivity index (χ1n) is 10.5. The Bertz CT molecular complexity index is 1480. The summed E-state index contributed by atoms with van der Waals surface area (Å²) in [4.78, 5) is 28.6. The van der Waals surface area contributed by atoms with Crippen LogP contribution in [0.3, 0.4) is 0 Å². The standard InChI is InChI=1S/C11H13N3O3S2.C11H12O4S2/c1-6-4-8-9(19(16,17)3-2-18-8)5-7(6)10(15)14-11(12)13;1-7-5-9-10(6-8(7)11(12)15-2)17(13,14)4-3-16-9/h4-5H,2-3H2,1H3,(H4,12,13,14,15);5-6H,3-4H2,1-2H3. The second-order valence-corrected chi connectivity index (χ2v) is 14.3. The summed E-state index contributed by atoms with van der Waals surface area (Å²) in [6.07, 6.45) is 0. The Balaban J connectivity index is 0.000000202. The second kappa shape index (κ2) is 10.8. The van der Waals surface area contributed by atoms with E-state index in [1.165, 1.54) is 42.8 Å². The third-order valence-electron chi connectivity index (χ3n) is 5.34. The number of sulfone groups is 2. The van der Waals surface area contributed by atoms with E-state index in [-0.39, 0.29) is 32.8 Å². The number of rotatable bonds is 2. The lowest BCUT2D eigenvalue weighted by molar-refractivity contribution is 0.0599. The maximum absolute atomic E-state index is 12.0. The van der Waals surface area contributed by atoms with Crippen LogP contribution in [-0.4, -0.2) is 64.8 Å². The molecule has 0 saturated heterocycles. The predicted molar refractivity (Wildman–Crippen MR) is 139 cm³/mol. The number of amides is 1. The minimum Gasteiger partial charge on any atom is -0.465 e. The summed E-state index contributed by atoms with van der Waals surface area (Å²) in [6.45, 7) is 3.49. The van der Waals surface area contributed by atoms with Gasteiger partial charge in [-0.05, 0) is 49.2 Å². The summed E-state index contributed by atoms with van der Waals surface area (Å²) >= 11 is 2.97. The Hall–Kier alpha value is -2.55. The minimum absolute atomic E-state index is 0.0731. The Morgan fingerprint density at radius 1 is 0.833 bits per heavy atom. The number of aliphatic imine (C=N–C) groups is 1. The lowest BCUT2D eigenvalue weighted by Crippen LogP contribution is -2.24. The van der Waals surface area contributed by atoms with Gasteiger partial charge in [-0.25, -0.2) is 21.6 Å². The normalized spacial score (nSPS) is 16.9. The highest BCUT2D eigenvalue weighted by Gasteiger charge is 2.27. The summed E-state index contributed by atoms with van der Waals surface area (Å²) in [5, 5.41) is 0. The molecule has 2 aliphatic rings. The number of aryl methyl sites for hydroxylation is 2. The number of carbonyl (C=O) groups is 2. The van der Waals surface area contributed by atoms with Crippen molar-refractivity contribution in [2.75, 3.05) is 30.1 Å². The van der Waals surface area contributed by atoms with E-state index in [1.807, 2.05) is 0 Å². The summed E-state index contributed by atoms with van der Waals surface area (Å²) in [5.74, 6) is -0.207. The van der Waals surface area contributed by atoms with Crippen molar-refractivity contribution in [2.24, 2.45) is 16.5 Å². The number of nitrogens with zero attached hydrogens (tertiary/aromatic N) is 1. The SMILES string of the molecule is COC(=O)c1cc2c(cc1C)SCCS2(=O)=O.Cc1cc2c(cc1C(=O)N=C(N)N)S(=O)(=O)CCS2. The molecule has 0 saturated carbocycles. The van der Waals surface area contributed by atoms with Gasteiger partial charge in [0.25, 0.3) is 5.91 Å². The molecule has 0 spiro atoms. The maximum atomic E-state index is 12.0. The molecule has 10 nitrogen and oxygen atoms in total. The topological polar surface area (TPSA) is 176 Å². The monoisotopic (exact) mass is 571 g/mol. The predicted octanol–water partition coefficient (Wildman–Crippen LogP) is 1.95. The van der Waals surface area contributed by atoms with Crippen LogP contribution in [0.25, 0.3) is 0 Å². The lowest BCUT2D eigenvalue weighted by atomic mass is 10.1. The van der Waals surface area contributed by atoms with Crippen molar-refractivity contribution in [3.63, 3.8) is 0 Å². The summed E-state index contributed by atoms with van der Waals surface area (Å²) in [5.41, 5.74) is 12.2. The number of carbonyl (C=O) groups excluding carboxylic acids is 2. The molecule has 1 amide bonds. The average Bonchev–Trinajstić information content (AvgIpc) is 2.77. The van der Waals surface area contributed by atoms with Crippen molar-refractivity contribution < 1.29 is 31.2 Å². The van der Waals surface area contributed by atoms with E-state index in [0.29, 0.717) is 27.5 Å². The summed E-state index contributed by atoms with van der Waals surface area (Å²) < 4.78 is 52.3. The number of fused-ring (bicyclic) bond motifs is 2. The third kappa shape index (κ3) is 6.05. The van der Waals surface area contributed by atoms with E-state index in [2.05, 4.69) is 9.73 Å². The molecule has 2 heterocycles. The molecular formula is C22H25N3O7S4. The first kappa shape index (κ1) is 28.0. The number of benzene rings is 2. The minimum atomic E-state index is -3.33. The van der Waals surface area contributed by atoms with Crippen LogP contribution in [0.4, 0.5) is 0 Å². The van der Waals surface area contributed by atoms with E-state index in [4.69, 9.17) is 11.5 Å². The highest BCUT2D eigenvalue weighted by atomic mass is 32.2. The number of thioether (sulfide) groups is 2. The molecule has 0 radical (unpaired) electrons. The number of methoxy groups -OCH3 is 1. The van der Waals surface area contributed by atoms with Gasteiger partial charge in [0.1, 0.15) is 0 Å². The van der Waals surface area contributed by atoms with Crippen molar-refractivity contribution in [3.05, 3.63) is 46.5 Å². The number of ether oxygens (including phenoxy) is 1. The Morgan fingerprint density at radius 3 is 1.72 bits per heavy atom. The molecule has 0 aromatic heterocycles. The van der Waals surface area contributed by atoms with Crippen molar-refractivity contribution >= 4 is 61.0 Å². The first-order valence-corrected chi connectivity index (χ1v) is 15.8. The molecule has 0 atom stereocenters. The van der Waals surface area contributed by atoms with E-state index >= 15 is 0 Å². The summed E-state index contributed by atoms with van der Waals surface area (Å²) in [6, 6.07) is 6.22. The largest absolute Gasteiger partial charge is 0.465 e. The fourth-order valence-corrected chi connectivity index (χ4v) is 10.2. The molecule has 0 unspecified atom stereocenters. The number of esters is 1. The van der Waals surface area contributed by atoms with Crippen molar-refractivity contribution in [1.82, 2.24) is 0 Å². The van der Waals surface area contributed by atoms with Gasteiger partial charge in [-0.2, -0.15) is 4.99 Å². The Morgan fingerprint density at radius 2 is 1.28 bits per heavy atom. The molecule has 4 N–H and O–H groups in total. The molecule has 36 heavy (non-hydrogen) atoms. The molecule has 2 aromatic rings. The van der Waals surface area contributed by atoms with E-state index in [0.717, 1.165) is 10.5 Å². The smallest absolute Gasteiger partial charge is 0.338 e. The van der Waals surface area contributed by atoms with Gasteiger partial charge in [-0.1, -0.05) is 0 Å². The summed E-state index contributed by atoms with van der Waals surface area (Å²) in [7, 11) is -5.30. The quantitative estimate of drug-likeness (QED) is 0.306. The van der Waals surface area contributed by atoms with E-state index in [1.54, 1.807) is 26.0 Å². The molecule has 194 valence electrons. The van der Waals surface area contributed by atoms with Gasteiger partial charge in [0.2, 0.25) is 0 Å². The molecule has 2 aromatic carbocycles. The Labute approximate surface area is 218 Å². The van der Waals surface area contributed by atoms with Gasteiger partial charge in [0, 0.05) is 26.9 Å². The van der Waals surface area contributed by atoms with Crippen LogP contribution in [0.5, 0.6) is 0 Å². The van der Waals surface area contributed by atoms with Gasteiger partial charge in [0.15, 0.2) is 25.6 Å². The Kier molecular flexibility index (Phi) is 8.43. The van der Waals surface area contributed by atoms with E-state index < -0.39 is 31.6 Å². The molecule has 0 bridgehead atoms. The number of hydrogen-bond donors (Lipinski definition) is 2. The zero-order chi connectivity index (χ0) is 26.8. The molecule has 0 fully saturated rings. The third-order valence-corrected chi connectivity index (χ3v) is 11.7. The van der Waals surface area contributed by atoms with E-state index in [9.17, 15) is 26.4 Å². The highest BCUT2D eigenvalue weighted by Crippen LogP contribution is 2.36. The number of hydrogen-bond acceptors (Lipinski definition) is 9. The number of guanidine groups is 1. The fraction of sp³-hybridized carbons (Fsp3) is 0.318. The fourth-order valence-electron chi connectivity index (χ4n) is 3.52. The van der Waals surface area contributed by atoms with Crippen molar-refractivity contribution in [2.45, 2.75) is 33.4 Å². The van der Waals surface area contributed by atoms with Crippen LogP contribution in [0.2, 0.25) is 0 Å². The van der Waals surface area contributed by atoms with Crippen LogP contribution < -0.4 is 11.5 Å². The van der Waals surface area contributed by atoms with Gasteiger partial charge < -0.3 is 16.2 Å². The van der Waals surface area contributed by atoms with Gasteiger partial charge in [0.05, 0.1) is 34.0 Å². The lowest BCUT2D eigenvalue weighted by Gasteiger charge is -2.17. The molecule has 14 heteroatoms. The molecular weight excluding hydrogens is 547 g/mol. The van der Waals surface area contributed by atoms with Crippen molar-refractivity contribution in [1.29, 1.82) is 0 Å². The molecule has 2 aliphatic heterocycles. The van der Waals surface area contributed by atoms with Crippen LogP contribution in [0.1, 0.15) is 31.8 Å². The average molecular weight is 572 g/mol. The molecule has 0 aliphatic carbocycles. The highest BCUT2D eigenvalue weighted by molar-refractivity contribution is 8.03. The van der Waals surface area contributed by atoms with Crippen LogP contribution >= 0.6 is 23.5 Å². The van der Waals surface area contributed by atoms with Crippen LogP contribution in [0.15, 0.2) is 48.8 Å². The molecule has 4 rings (SSSR count). The zero-order valence-electron chi connectivity index (χ0n) is 19.7. The first-order chi connectivity index (χ1) is 16.8.